The van der Waals surface area contributed by atoms with Gasteiger partial charge in [-0.2, -0.15) is 5.26 Å². The van der Waals surface area contributed by atoms with E-state index in [-0.39, 0.29) is 5.91 Å². The predicted molar refractivity (Wildman–Crippen MR) is 82.9 cm³/mol. The molecule has 0 aliphatic carbocycles. The third kappa shape index (κ3) is 4.49. The number of anilines is 2. The minimum Gasteiger partial charge on any atom is -0.493 e. The van der Waals surface area contributed by atoms with Crippen LogP contribution < -0.4 is 15.4 Å². The third-order valence-electron chi connectivity index (χ3n) is 2.87. The van der Waals surface area contributed by atoms with Gasteiger partial charge in [-0.25, -0.2) is 4.98 Å². The monoisotopic (exact) mass is 296 g/mol. The fourth-order valence-corrected chi connectivity index (χ4v) is 1.74. The van der Waals surface area contributed by atoms with Crippen LogP contribution in [0.5, 0.6) is 5.75 Å². The van der Waals surface area contributed by atoms with Gasteiger partial charge in [0.2, 0.25) is 5.91 Å². The van der Waals surface area contributed by atoms with Gasteiger partial charge in [-0.1, -0.05) is 6.07 Å². The van der Waals surface area contributed by atoms with Crippen molar-refractivity contribution in [2.24, 2.45) is 0 Å². The molecule has 112 valence electrons. The number of nitriles is 1. The Labute approximate surface area is 128 Å². The van der Waals surface area contributed by atoms with Crippen molar-refractivity contribution in [2.75, 3.05) is 19.0 Å². The van der Waals surface area contributed by atoms with E-state index in [1.54, 1.807) is 37.4 Å². The lowest BCUT2D eigenvalue weighted by Crippen LogP contribution is -2.20. The molecule has 2 aromatic rings. The van der Waals surface area contributed by atoms with Gasteiger partial charge in [0, 0.05) is 12.7 Å². The van der Waals surface area contributed by atoms with Crippen LogP contribution in [-0.2, 0) is 4.79 Å². The Morgan fingerprint density at radius 1 is 1.27 bits per heavy atom. The van der Waals surface area contributed by atoms with E-state index in [1.807, 2.05) is 18.2 Å². The van der Waals surface area contributed by atoms with Gasteiger partial charge in [0.1, 0.15) is 23.3 Å². The SMILES string of the molecule is CNC(=O)CCOc1ccc(Nc2cccc(C#N)n2)cc1. The van der Waals surface area contributed by atoms with Crippen LogP contribution in [0.1, 0.15) is 12.1 Å². The van der Waals surface area contributed by atoms with E-state index in [9.17, 15) is 4.79 Å². The van der Waals surface area contributed by atoms with E-state index < -0.39 is 0 Å². The number of hydrogen-bond acceptors (Lipinski definition) is 5. The van der Waals surface area contributed by atoms with Crippen molar-refractivity contribution in [1.82, 2.24) is 10.3 Å². The summed E-state index contributed by atoms with van der Waals surface area (Å²) in [6.07, 6.45) is 0.321. The summed E-state index contributed by atoms with van der Waals surface area (Å²) in [7, 11) is 1.60. The molecule has 0 aliphatic rings. The first-order chi connectivity index (χ1) is 10.7. The summed E-state index contributed by atoms with van der Waals surface area (Å²) < 4.78 is 5.47. The minimum absolute atomic E-state index is 0.0539. The second kappa shape index (κ2) is 7.64. The molecule has 2 rings (SSSR count). The van der Waals surface area contributed by atoms with Gasteiger partial charge in [0.15, 0.2) is 0 Å². The number of carbonyl (C=O) groups excluding carboxylic acids is 1. The number of carbonyl (C=O) groups is 1. The van der Waals surface area contributed by atoms with Crippen molar-refractivity contribution in [2.45, 2.75) is 6.42 Å². The van der Waals surface area contributed by atoms with Gasteiger partial charge < -0.3 is 15.4 Å². The van der Waals surface area contributed by atoms with Crippen LogP contribution in [0.4, 0.5) is 11.5 Å². The summed E-state index contributed by atoms with van der Waals surface area (Å²) in [6.45, 7) is 0.332. The standard InChI is InChI=1S/C16H16N4O2/c1-18-16(21)9-10-22-14-7-5-12(6-8-14)19-15-4-2-3-13(11-17)20-15/h2-8H,9-10H2,1H3,(H,18,21)(H,19,20). The molecule has 1 heterocycles. The molecule has 0 aliphatic heterocycles. The number of rotatable bonds is 6. The van der Waals surface area contributed by atoms with Gasteiger partial charge in [-0.3, -0.25) is 4.79 Å². The average Bonchev–Trinajstić information content (AvgIpc) is 2.56. The summed E-state index contributed by atoms with van der Waals surface area (Å²) in [5, 5.41) is 14.5. The highest BCUT2D eigenvalue weighted by molar-refractivity contribution is 5.75. The van der Waals surface area contributed by atoms with Crippen molar-refractivity contribution in [3.8, 4) is 11.8 Å². The molecule has 0 atom stereocenters. The van der Waals surface area contributed by atoms with Crippen molar-refractivity contribution in [1.29, 1.82) is 5.26 Å². The van der Waals surface area contributed by atoms with Crippen molar-refractivity contribution in [3.05, 3.63) is 48.2 Å². The van der Waals surface area contributed by atoms with E-state index in [0.29, 0.717) is 30.3 Å². The molecule has 1 amide bonds. The molecule has 6 nitrogen and oxygen atoms in total. The fourth-order valence-electron chi connectivity index (χ4n) is 1.74. The largest absolute Gasteiger partial charge is 0.493 e. The van der Waals surface area contributed by atoms with Gasteiger partial charge in [-0.05, 0) is 36.4 Å². The third-order valence-corrected chi connectivity index (χ3v) is 2.87. The van der Waals surface area contributed by atoms with Crippen LogP contribution in [0, 0.1) is 11.3 Å². The van der Waals surface area contributed by atoms with Crippen LogP contribution in [0.15, 0.2) is 42.5 Å². The Balaban J connectivity index is 1.91. The Morgan fingerprint density at radius 3 is 2.73 bits per heavy atom. The van der Waals surface area contributed by atoms with Gasteiger partial charge in [-0.15, -0.1) is 0 Å². The second-order valence-corrected chi connectivity index (χ2v) is 4.44. The molecule has 0 fully saturated rings. The maximum Gasteiger partial charge on any atom is 0.223 e. The van der Waals surface area contributed by atoms with Crippen LogP contribution >= 0.6 is 0 Å². The Kier molecular flexibility index (Phi) is 5.32. The molecule has 1 aromatic heterocycles. The lowest BCUT2D eigenvalue weighted by molar-refractivity contribution is -0.121. The number of amides is 1. The molecule has 0 bridgehead atoms. The van der Waals surface area contributed by atoms with Crippen molar-refractivity contribution >= 4 is 17.4 Å². The van der Waals surface area contributed by atoms with Gasteiger partial charge in [0.25, 0.3) is 0 Å². The number of nitrogens with zero attached hydrogens (tertiary/aromatic N) is 2. The maximum atomic E-state index is 11.1. The minimum atomic E-state index is -0.0539. The summed E-state index contributed by atoms with van der Waals surface area (Å²) in [4.78, 5) is 15.2. The summed E-state index contributed by atoms with van der Waals surface area (Å²) >= 11 is 0. The zero-order valence-electron chi connectivity index (χ0n) is 12.2. The molecular weight excluding hydrogens is 280 g/mol. The summed E-state index contributed by atoms with van der Waals surface area (Å²) in [5.74, 6) is 1.24. The van der Waals surface area contributed by atoms with Gasteiger partial charge >= 0.3 is 0 Å². The molecule has 0 spiro atoms. The van der Waals surface area contributed by atoms with Gasteiger partial charge in [0.05, 0.1) is 13.0 Å². The Bertz CT molecular complexity index is 677. The molecule has 22 heavy (non-hydrogen) atoms. The number of hydrogen-bond donors (Lipinski definition) is 2. The highest BCUT2D eigenvalue weighted by Gasteiger charge is 2.01. The predicted octanol–water partition coefficient (Wildman–Crippen LogP) is 2.21. The van der Waals surface area contributed by atoms with E-state index >= 15 is 0 Å². The molecule has 1 aromatic carbocycles. The lowest BCUT2D eigenvalue weighted by atomic mass is 10.3. The van der Waals surface area contributed by atoms with E-state index in [4.69, 9.17) is 10.00 Å². The summed E-state index contributed by atoms with van der Waals surface area (Å²) in [5.41, 5.74) is 1.19. The fraction of sp³-hybridized carbons (Fsp3) is 0.188. The highest BCUT2D eigenvalue weighted by Crippen LogP contribution is 2.19. The number of benzene rings is 1. The first-order valence-electron chi connectivity index (χ1n) is 6.79. The molecule has 0 saturated heterocycles. The van der Waals surface area contributed by atoms with Crippen molar-refractivity contribution in [3.63, 3.8) is 0 Å². The number of nitrogens with one attached hydrogen (secondary N) is 2. The summed E-state index contributed by atoms with van der Waals surface area (Å²) in [6, 6.07) is 14.5. The molecular formula is C16H16N4O2. The molecule has 0 radical (unpaired) electrons. The van der Waals surface area contributed by atoms with Crippen LogP contribution in [0.25, 0.3) is 0 Å². The Morgan fingerprint density at radius 2 is 2.05 bits per heavy atom. The van der Waals surface area contributed by atoms with Crippen LogP contribution in [0.3, 0.4) is 0 Å². The zero-order valence-corrected chi connectivity index (χ0v) is 12.2. The lowest BCUT2D eigenvalue weighted by Gasteiger charge is -2.08. The van der Waals surface area contributed by atoms with E-state index in [1.165, 1.54) is 0 Å². The average molecular weight is 296 g/mol. The number of ether oxygens (including phenoxy) is 1. The van der Waals surface area contributed by atoms with Crippen LogP contribution in [0.2, 0.25) is 0 Å². The molecule has 2 N–H and O–H groups in total. The maximum absolute atomic E-state index is 11.1. The van der Waals surface area contributed by atoms with Crippen molar-refractivity contribution < 1.29 is 9.53 Å². The Hall–Kier alpha value is -3.07. The van der Waals surface area contributed by atoms with E-state index in [2.05, 4.69) is 15.6 Å². The second-order valence-electron chi connectivity index (χ2n) is 4.44. The first-order valence-corrected chi connectivity index (χ1v) is 6.79. The van der Waals surface area contributed by atoms with E-state index in [0.717, 1.165) is 5.69 Å². The quantitative estimate of drug-likeness (QED) is 0.853. The number of aromatic nitrogens is 1. The first kappa shape index (κ1) is 15.3. The normalized spacial score (nSPS) is 9.64. The smallest absolute Gasteiger partial charge is 0.223 e. The molecule has 6 heteroatoms. The topological polar surface area (TPSA) is 87.0 Å². The number of pyridine rings is 1. The van der Waals surface area contributed by atoms with Crippen LogP contribution in [-0.4, -0.2) is 24.5 Å². The molecule has 0 unspecified atom stereocenters. The zero-order chi connectivity index (χ0) is 15.8. The molecule has 0 saturated carbocycles. The highest BCUT2D eigenvalue weighted by atomic mass is 16.5.